The molecule has 1 aromatic carbocycles. The van der Waals surface area contributed by atoms with Gasteiger partial charge in [-0.3, -0.25) is 5.41 Å². The molecule has 0 aliphatic carbocycles. The Morgan fingerprint density at radius 1 is 1.24 bits per heavy atom. The Labute approximate surface area is 144 Å². The fourth-order valence-corrected chi connectivity index (χ4v) is 2.65. The van der Waals surface area contributed by atoms with Crippen molar-refractivity contribution in [3.63, 3.8) is 0 Å². The first-order chi connectivity index (χ1) is 11.6. The molecule has 0 spiro atoms. The molecule has 25 heavy (non-hydrogen) atoms. The number of hydrogen-bond donors (Lipinski definition) is 3. The van der Waals surface area contributed by atoms with E-state index in [2.05, 4.69) is 4.98 Å². The molecule has 0 fully saturated rings. The second-order valence-electron chi connectivity index (χ2n) is 6.19. The van der Waals surface area contributed by atoms with Gasteiger partial charge in [-0.2, -0.15) is 13.2 Å². The standard InChI is InChI=1S/C18H21F3N4/c1-3-17(2,10-22)12-6-4-5-11(9-12)13-7-8-25-16(24)14(13)15(23)18(19,20)21/h4-9,23H,3,10,22H2,1-2H3,(H2,24,25). The molecule has 0 saturated carbocycles. The third-order valence-electron chi connectivity index (χ3n) is 4.62. The van der Waals surface area contributed by atoms with Crippen molar-refractivity contribution in [2.75, 3.05) is 12.3 Å². The SMILES string of the molecule is CCC(C)(CN)c1cccc(-c2ccnc(N)c2C(=N)C(F)(F)F)c1. The van der Waals surface area contributed by atoms with Crippen molar-refractivity contribution < 1.29 is 13.2 Å². The van der Waals surface area contributed by atoms with E-state index in [0.717, 1.165) is 12.0 Å². The summed E-state index contributed by atoms with van der Waals surface area (Å²) in [5, 5.41) is 7.50. The van der Waals surface area contributed by atoms with Gasteiger partial charge in [0.1, 0.15) is 11.5 Å². The average molecular weight is 350 g/mol. The number of nitrogens with two attached hydrogens (primary N) is 2. The van der Waals surface area contributed by atoms with Crippen molar-refractivity contribution in [2.45, 2.75) is 31.9 Å². The fourth-order valence-electron chi connectivity index (χ4n) is 2.65. The van der Waals surface area contributed by atoms with E-state index in [0.29, 0.717) is 12.1 Å². The smallest absolute Gasteiger partial charge is 0.383 e. The summed E-state index contributed by atoms with van der Waals surface area (Å²) in [5.41, 5.74) is 11.1. The first kappa shape index (κ1) is 18.9. The second kappa shape index (κ2) is 6.84. The molecule has 1 atom stereocenters. The second-order valence-corrected chi connectivity index (χ2v) is 6.19. The van der Waals surface area contributed by atoms with E-state index in [4.69, 9.17) is 16.9 Å². The van der Waals surface area contributed by atoms with E-state index >= 15 is 0 Å². The highest BCUT2D eigenvalue weighted by atomic mass is 19.4. The van der Waals surface area contributed by atoms with Gasteiger partial charge in [0.15, 0.2) is 0 Å². The van der Waals surface area contributed by atoms with Gasteiger partial charge in [-0.1, -0.05) is 38.1 Å². The summed E-state index contributed by atoms with van der Waals surface area (Å²) in [7, 11) is 0. The molecule has 5 N–H and O–H groups in total. The number of rotatable bonds is 5. The van der Waals surface area contributed by atoms with E-state index in [9.17, 15) is 13.2 Å². The zero-order chi connectivity index (χ0) is 18.8. The normalized spacial score (nSPS) is 14.2. The highest BCUT2D eigenvalue weighted by Crippen LogP contribution is 2.35. The lowest BCUT2D eigenvalue weighted by Gasteiger charge is -2.27. The number of halogens is 3. The Morgan fingerprint density at radius 2 is 1.92 bits per heavy atom. The van der Waals surface area contributed by atoms with Crippen LogP contribution in [0.1, 0.15) is 31.4 Å². The number of nitrogens with one attached hydrogen (secondary N) is 1. The van der Waals surface area contributed by atoms with Crippen molar-refractivity contribution in [3.8, 4) is 11.1 Å². The summed E-state index contributed by atoms with van der Waals surface area (Å²) < 4.78 is 39.2. The maximum Gasteiger partial charge on any atom is 0.433 e. The third kappa shape index (κ3) is 3.66. The molecule has 7 heteroatoms. The van der Waals surface area contributed by atoms with Crippen LogP contribution in [-0.2, 0) is 5.41 Å². The predicted molar refractivity (Wildman–Crippen MR) is 93.7 cm³/mol. The lowest BCUT2D eigenvalue weighted by atomic mass is 9.79. The maximum absolute atomic E-state index is 13.1. The van der Waals surface area contributed by atoms with Crippen LogP contribution in [-0.4, -0.2) is 23.4 Å². The van der Waals surface area contributed by atoms with Crippen LogP contribution in [0.4, 0.5) is 19.0 Å². The number of pyridine rings is 1. The fraction of sp³-hybridized carbons (Fsp3) is 0.333. The van der Waals surface area contributed by atoms with Crippen LogP contribution in [0.25, 0.3) is 11.1 Å². The molecule has 0 aliphatic heterocycles. The Kier molecular flexibility index (Phi) is 5.17. The van der Waals surface area contributed by atoms with Crippen molar-refractivity contribution in [1.29, 1.82) is 5.41 Å². The van der Waals surface area contributed by atoms with E-state index in [1.165, 1.54) is 12.3 Å². The number of nitrogen functional groups attached to an aromatic ring is 1. The first-order valence-corrected chi connectivity index (χ1v) is 7.85. The summed E-state index contributed by atoms with van der Waals surface area (Å²) in [5.74, 6) is -0.317. The van der Waals surface area contributed by atoms with Crippen LogP contribution in [0.15, 0.2) is 36.5 Å². The zero-order valence-corrected chi connectivity index (χ0v) is 14.1. The molecule has 2 rings (SSSR count). The first-order valence-electron chi connectivity index (χ1n) is 7.85. The molecule has 1 unspecified atom stereocenters. The summed E-state index contributed by atoms with van der Waals surface area (Å²) in [4.78, 5) is 3.72. The molecule has 0 radical (unpaired) electrons. The zero-order valence-electron chi connectivity index (χ0n) is 14.1. The van der Waals surface area contributed by atoms with E-state index in [1.54, 1.807) is 18.2 Å². The summed E-state index contributed by atoms with van der Waals surface area (Å²) in [6.07, 6.45) is -2.68. The molecule has 0 saturated heterocycles. The number of benzene rings is 1. The summed E-state index contributed by atoms with van der Waals surface area (Å²) in [6.45, 7) is 4.43. The van der Waals surface area contributed by atoms with Crippen LogP contribution in [0.2, 0.25) is 0 Å². The van der Waals surface area contributed by atoms with E-state index in [-0.39, 0.29) is 16.8 Å². The number of nitrogens with zero attached hydrogens (tertiary/aromatic N) is 1. The molecule has 0 bridgehead atoms. The summed E-state index contributed by atoms with van der Waals surface area (Å²) >= 11 is 0. The van der Waals surface area contributed by atoms with E-state index in [1.807, 2.05) is 19.9 Å². The number of hydrogen-bond acceptors (Lipinski definition) is 4. The molecular formula is C18H21F3N4. The van der Waals surface area contributed by atoms with Crippen LogP contribution < -0.4 is 11.5 Å². The summed E-state index contributed by atoms with van der Waals surface area (Å²) in [6, 6.07) is 8.61. The highest BCUT2D eigenvalue weighted by Gasteiger charge is 2.38. The van der Waals surface area contributed by atoms with Crippen molar-refractivity contribution >= 4 is 11.5 Å². The van der Waals surface area contributed by atoms with Gasteiger partial charge < -0.3 is 11.5 Å². The molecule has 0 amide bonds. The lowest BCUT2D eigenvalue weighted by Crippen LogP contribution is -2.31. The molecular weight excluding hydrogens is 329 g/mol. The van der Waals surface area contributed by atoms with Gasteiger partial charge in [-0.25, -0.2) is 4.98 Å². The molecule has 4 nitrogen and oxygen atoms in total. The molecule has 0 aliphatic rings. The minimum Gasteiger partial charge on any atom is -0.383 e. The monoisotopic (exact) mass is 350 g/mol. The van der Waals surface area contributed by atoms with Gasteiger partial charge >= 0.3 is 6.18 Å². The van der Waals surface area contributed by atoms with E-state index < -0.39 is 17.5 Å². The van der Waals surface area contributed by atoms with Gasteiger partial charge in [-0.15, -0.1) is 0 Å². The van der Waals surface area contributed by atoms with Gasteiger partial charge in [0, 0.05) is 18.2 Å². The van der Waals surface area contributed by atoms with Crippen molar-refractivity contribution in [3.05, 3.63) is 47.7 Å². The topological polar surface area (TPSA) is 88.8 Å². The largest absolute Gasteiger partial charge is 0.433 e. The Bertz CT molecular complexity index is 780. The minimum atomic E-state index is -4.81. The average Bonchev–Trinajstić information content (AvgIpc) is 2.59. The number of aromatic nitrogens is 1. The van der Waals surface area contributed by atoms with Crippen LogP contribution in [0, 0.1) is 5.41 Å². The van der Waals surface area contributed by atoms with Crippen LogP contribution >= 0.6 is 0 Å². The Hall–Kier alpha value is -2.41. The van der Waals surface area contributed by atoms with Gasteiger partial charge in [0.25, 0.3) is 0 Å². The van der Waals surface area contributed by atoms with Crippen molar-refractivity contribution in [1.82, 2.24) is 4.98 Å². The van der Waals surface area contributed by atoms with Gasteiger partial charge in [0.05, 0.1) is 5.56 Å². The van der Waals surface area contributed by atoms with Crippen LogP contribution in [0.3, 0.4) is 0 Å². The molecule has 1 heterocycles. The molecule has 1 aromatic heterocycles. The Morgan fingerprint density at radius 3 is 2.48 bits per heavy atom. The molecule has 2 aromatic rings. The predicted octanol–water partition coefficient (Wildman–Crippen LogP) is 3.89. The van der Waals surface area contributed by atoms with Crippen molar-refractivity contribution in [2.24, 2.45) is 5.73 Å². The van der Waals surface area contributed by atoms with Crippen LogP contribution in [0.5, 0.6) is 0 Å². The minimum absolute atomic E-state index is 0.229. The third-order valence-corrected chi connectivity index (χ3v) is 4.62. The van der Waals surface area contributed by atoms with Gasteiger partial charge in [-0.05, 0) is 29.2 Å². The number of anilines is 1. The lowest BCUT2D eigenvalue weighted by molar-refractivity contribution is -0.0587. The molecule has 134 valence electrons. The Balaban J connectivity index is 2.65. The highest BCUT2D eigenvalue weighted by molar-refractivity contribution is 6.10. The van der Waals surface area contributed by atoms with Gasteiger partial charge in [0.2, 0.25) is 0 Å². The maximum atomic E-state index is 13.1. The number of alkyl halides is 3. The quantitative estimate of drug-likeness (QED) is 0.715.